The molecular weight excluding hydrogens is 290 g/mol. The van der Waals surface area contributed by atoms with E-state index < -0.39 is 12.1 Å². The van der Waals surface area contributed by atoms with Gasteiger partial charge in [-0.25, -0.2) is 14.8 Å². The second kappa shape index (κ2) is 6.44. The van der Waals surface area contributed by atoms with Crippen LogP contribution in [0.1, 0.15) is 35.0 Å². The van der Waals surface area contributed by atoms with E-state index in [-0.39, 0.29) is 0 Å². The predicted molar refractivity (Wildman–Crippen MR) is 86.4 cm³/mol. The summed E-state index contributed by atoms with van der Waals surface area (Å²) in [7, 11) is 0. The number of ether oxygens (including phenoxy) is 1. The summed E-state index contributed by atoms with van der Waals surface area (Å²) in [5.41, 5.74) is 2.05. The summed E-state index contributed by atoms with van der Waals surface area (Å²) in [6.45, 7) is 3.64. The summed E-state index contributed by atoms with van der Waals surface area (Å²) in [6.07, 6.45) is 3.05. The number of nitrogens with zero attached hydrogens (tertiary/aromatic N) is 3. The Morgan fingerprint density at radius 2 is 1.91 bits per heavy atom. The highest BCUT2D eigenvalue weighted by Crippen LogP contribution is 2.20. The Bertz CT molecular complexity index is 812. The second-order valence-corrected chi connectivity index (χ2v) is 5.20. The molecule has 0 N–H and O–H groups in total. The normalized spacial score (nSPS) is 11.9. The Labute approximate surface area is 134 Å². The molecule has 2 aromatic heterocycles. The van der Waals surface area contributed by atoms with E-state index >= 15 is 0 Å². The van der Waals surface area contributed by atoms with Crippen LogP contribution in [0, 0.1) is 6.92 Å². The fourth-order valence-corrected chi connectivity index (χ4v) is 2.35. The summed E-state index contributed by atoms with van der Waals surface area (Å²) in [5.74, 6) is 0.209. The molecule has 3 aromatic rings. The fraction of sp³-hybridized carbons (Fsp3) is 0.167. The van der Waals surface area contributed by atoms with Gasteiger partial charge in [-0.05, 0) is 38.1 Å². The molecule has 0 aliphatic heterocycles. The average Bonchev–Trinajstić information content (AvgIpc) is 3.05. The first-order valence-corrected chi connectivity index (χ1v) is 7.38. The van der Waals surface area contributed by atoms with Crippen LogP contribution in [0.2, 0.25) is 0 Å². The van der Waals surface area contributed by atoms with Crippen molar-refractivity contribution in [2.24, 2.45) is 0 Å². The van der Waals surface area contributed by atoms with Gasteiger partial charge < -0.3 is 9.30 Å². The molecule has 5 heteroatoms. The van der Waals surface area contributed by atoms with Gasteiger partial charge in [-0.15, -0.1) is 0 Å². The molecule has 116 valence electrons. The molecule has 1 unspecified atom stereocenters. The maximum Gasteiger partial charge on any atom is 0.357 e. The smallest absolute Gasteiger partial charge is 0.357 e. The van der Waals surface area contributed by atoms with E-state index in [9.17, 15) is 4.79 Å². The number of esters is 1. The van der Waals surface area contributed by atoms with Crippen LogP contribution in [0.4, 0.5) is 0 Å². The number of aryl methyl sites for hydroxylation is 1. The van der Waals surface area contributed by atoms with Gasteiger partial charge in [-0.3, -0.25) is 0 Å². The van der Waals surface area contributed by atoms with Crippen molar-refractivity contribution in [3.63, 3.8) is 0 Å². The molecule has 3 rings (SSSR count). The summed E-state index contributed by atoms with van der Waals surface area (Å²) in [6, 6.07) is 15.1. The topological polar surface area (TPSA) is 57.0 Å². The lowest BCUT2D eigenvalue weighted by molar-refractivity contribution is 0.0310. The zero-order valence-electron chi connectivity index (χ0n) is 13.0. The van der Waals surface area contributed by atoms with Crippen molar-refractivity contribution in [3.05, 3.63) is 78.1 Å². The summed E-state index contributed by atoms with van der Waals surface area (Å²) in [4.78, 5) is 20.7. The van der Waals surface area contributed by atoms with E-state index in [4.69, 9.17) is 4.74 Å². The van der Waals surface area contributed by atoms with Crippen LogP contribution >= 0.6 is 0 Å². The van der Waals surface area contributed by atoms with E-state index in [1.807, 2.05) is 54.1 Å². The Hall–Kier alpha value is -2.95. The lowest BCUT2D eigenvalue weighted by Gasteiger charge is -2.15. The van der Waals surface area contributed by atoms with Gasteiger partial charge in [-0.1, -0.05) is 24.3 Å². The van der Waals surface area contributed by atoms with E-state index in [0.717, 1.165) is 11.4 Å². The number of aromatic nitrogens is 3. The maximum atomic E-state index is 12.2. The van der Waals surface area contributed by atoms with Gasteiger partial charge in [0.2, 0.25) is 0 Å². The molecular formula is C18H17N3O2. The standard InChI is InChI=1S/C18H17N3O2/c1-13-7-6-10-16(20-13)18(22)23-14(2)17-19-11-12-21(17)15-8-4-3-5-9-15/h3-12,14H,1-2H3. The van der Waals surface area contributed by atoms with E-state index in [1.165, 1.54) is 0 Å². The molecule has 0 bridgehead atoms. The average molecular weight is 307 g/mol. The van der Waals surface area contributed by atoms with Crippen molar-refractivity contribution in [1.29, 1.82) is 0 Å². The third kappa shape index (κ3) is 3.29. The molecule has 0 radical (unpaired) electrons. The SMILES string of the molecule is Cc1cccc(C(=O)OC(C)c2nccn2-c2ccccc2)n1. The lowest BCUT2D eigenvalue weighted by atomic mass is 10.3. The first-order valence-electron chi connectivity index (χ1n) is 7.38. The summed E-state index contributed by atoms with van der Waals surface area (Å²) in [5, 5.41) is 0. The quantitative estimate of drug-likeness (QED) is 0.692. The van der Waals surface area contributed by atoms with Crippen molar-refractivity contribution in [2.45, 2.75) is 20.0 Å². The molecule has 1 aromatic carbocycles. The third-order valence-electron chi connectivity index (χ3n) is 3.45. The molecule has 0 spiro atoms. The van der Waals surface area contributed by atoms with E-state index in [1.54, 1.807) is 25.3 Å². The van der Waals surface area contributed by atoms with E-state index in [2.05, 4.69) is 9.97 Å². The van der Waals surface area contributed by atoms with Crippen LogP contribution in [0.3, 0.4) is 0 Å². The highest BCUT2D eigenvalue weighted by Gasteiger charge is 2.19. The lowest BCUT2D eigenvalue weighted by Crippen LogP contribution is -2.14. The van der Waals surface area contributed by atoms with Gasteiger partial charge >= 0.3 is 5.97 Å². The monoisotopic (exact) mass is 307 g/mol. The molecule has 0 aliphatic rings. The number of rotatable bonds is 4. The Kier molecular flexibility index (Phi) is 4.19. The highest BCUT2D eigenvalue weighted by atomic mass is 16.5. The molecule has 0 aliphatic carbocycles. The van der Waals surface area contributed by atoms with Crippen LogP contribution < -0.4 is 0 Å². The molecule has 0 saturated carbocycles. The van der Waals surface area contributed by atoms with Crippen LogP contribution in [-0.2, 0) is 4.74 Å². The number of hydrogen-bond acceptors (Lipinski definition) is 4. The molecule has 23 heavy (non-hydrogen) atoms. The number of carbonyl (C=O) groups is 1. The van der Waals surface area contributed by atoms with Crippen LogP contribution in [0.15, 0.2) is 60.9 Å². The fourth-order valence-electron chi connectivity index (χ4n) is 2.35. The molecule has 0 saturated heterocycles. The highest BCUT2D eigenvalue weighted by molar-refractivity contribution is 5.87. The minimum Gasteiger partial charge on any atom is -0.450 e. The minimum absolute atomic E-state index is 0.301. The molecule has 0 fully saturated rings. The number of carbonyl (C=O) groups excluding carboxylic acids is 1. The second-order valence-electron chi connectivity index (χ2n) is 5.20. The van der Waals surface area contributed by atoms with Gasteiger partial charge in [0.1, 0.15) is 5.69 Å². The Balaban J connectivity index is 1.81. The molecule has 1 atom stereocenters. The van der Waals surface area contributed by atoms with Crippen molar-refractivity contribution < 1.29 is 9.53 Å². The number of pyridine rings is 1. The van der Waals surface area contributed by atoms with Crippen molar-refractivity contribution in [3.8, 4) is 5.69 Å². The molecule has 2 heterocycles. The number of imidazole rings is 1. The van der Waals surface area contributed by atoms with Crippen LogP contribution in [0.25, 0.3) is 5.69 Å². The number of para-hydroxylation sites is 1. The van der Waals surface area contributed by atoms with Crippen molar-refractivity contribution in [1.82, 2.24) is 14.5 Å². The first kappa shape index (κ1) is 15.0. The van der Waals surface area contributed by atoms with Gasteiger partial charge in [0.25, 0.3) is 0 Å². The Morgan fingerprint density at radius 3 is 2.65 bits per heavy atom. The first-order chi connectivity index (χ1) is 11.1. The third-order valence-corrected chi connectivity index (χ3v) is 3.45. The van der Waals surface area contributed by atoms with Crippen LogP contribution in [-0.4, -0.2) is 20.5 Å². The molecule has 5 nitrogen and oxygen atoms in total. The summed E-state index contributed by atoms with van der Waals surface area (Å²) >= 11 is 0. The zero-order chi connectivity index (χ0) is 16.2. The largest absolute Gasteiger partial charge is 0.450 e. The Morgan fingerprint density at radius 1 is 1.13 bits per heavy atom. The van der Waals surface area contributed by atoms with E-state index in [0.29, 0.717) is 11.5 Å². The molecule has 0 amide bonds. The number of hydrogen-bond donors (Lipinski definition) is 0. The van der Waals surface area contributed by atoms with Gasteiger partial charge in [0.15, 0.2) is 11.9 Å². The minimum atomic E-state index is -0.486. The zero-order valence-corrected chi connectivity index (χ0v) is 13.0. The van der Waals surface area contributed by atoms with Crippen molar-refractivity contribution in [2.75, 3.05) is 0 Å². The maximum absolute atomic E-state index is 12.2. The van der Waals surface area contributed by atoms with Gasteiger partial charge in [0.05, 0.1) is 0 Å². The van der Waals surface area contributed by atoms with Gasteiger partial charge in [0, 0.05) is 23.8 Å². The number of benzene rings is 1. The predicted octanol–water partition coefficient (Wildman–Crippen LogP) is 3.49. The summed E-state index contributed by atoms with van der Waals surface area (Å²) < 4.78 is 7.42. The van der Waals surface area contributed by atoms with Crippen LogP contribution in [0.5, 0.6) is 0 Å². The van der Waals surface area contributed by atoms with Gasteiger partial charge in [-0.2, -0.15) is 0 Å². The van der Waals surface area contributed by atoms with Crippen molar-refractivity contribution >= 4 is 5.97 Å².